The monoisotopic (exact) mass is 572 g/mol. The molecular formula is C33H48O8. The molecule has 41 heavy (non-hydrogen) atoms. The molecule has 8 nitrogen and oxygen atoms in total. The minimum absolute atomic E-state index is 0.00388. The van der Waals surface area contributed by atoms with Gasteiger partial charge < -0.3 is 24.4 Å². The van der Waals surface area contributed by atoms with Gasteiger partial charge in [0.05, 0.1) is 24.7 Å². The lowest BCUT2D eigenvalue weighted by atomic mass is 9.39. The first-order valence-corrected chi connectivity index (χ1v) is 15.2. The van der Waals surface area contributed by atoms with Crippen LogP contribution in [0.1, 0.15) is 87.0 Å². The number of ether oxygens (including phenoxy) is 3. The Morgan fingerprint density at radius 2 is 1.83 bits per heavy atom. The summed E-state index contributed by atoms with van der Waals surface area (Å²) in [4.78, 5) is 38.8. The highest BCUT2D eigenvalue weighted by Gasteiger charge is 2.70. The molecule has 5 rings (SSSR count). The van der Waals surface area contributed by atoms with Gasteiger partial charge in [-0.05, 0) is 81.0 Å². The lowest BCUT2D eigenvalue weighted by Crippen LogP contribution is -2.64. The van der Waals surface area contributed by atoms with Crippen LogP contribution in [0.15, 0.2) is 23.3 Å². The number of rotatable bonds is 4. The molecule has 0 aromatic heterocycles. The van der Waals surface area contributed by atoms with Gasteiger partial charge in [-0.1, -0.05) is 38.5 Å². The molecule has 0 aromatic carbocycles. The summed E-state index contributed by atoms with van der Waals surface area (Å²) in [5, 5.41) is 21.6. The Morgan fingerprint density at radius 3 is 2.41 bits per heavy atom. The fraction of sp³-hybridized carbons (Fsp3) is 0.788. The summed E-state index contributed by atoms with van der Waals surface area (Å²) < 4.78 is 17.3. The third-order valence-corrected chi connectivity index (χ3v) is 12.2. The van der Waals surface area contributed by atoms with Gasteiger partial charge in [0, 0.05) is 30.8 Å². The van der Waals surface area contributed by atoms with E-state index in [-0.39, 0.29) is 53.4 Å². The van der Waals surface area contributed by atoms with Crippen molar-refractivity contribution in [2.45, 2.75) is 105 Å². The second-order valence-corrected chi connectivity index (χ2v) is 15.0. The van der Waals surface area contributed by atoms with Crippen molar-refractivity contribution in [2.75, 3.05) is 13.7 Å². The summed E-state index contributed by atoms with van der Waals surface area (Å²) in [5.41, 5.74) is -1.69. The Morgan fingerprint density at radius 1 is 1.15 bits per heavy atom. The first-order valence-electron chi connectivity index (χ1n) is 15.2. The van der Waals surface area contributed by atoms with Crippen LogP contribution < -0.4 is 0 Å². The first-order chi connectivity index (χ1) is 18.9. The van der Waals surface area contributed by atoms with Gasteiger partial charge in [-0.3, -0.25) is 14.4 Å². The summed E-state index contributed by atoms with van der Waals surface area (Å²) in [5.74, 6) is -0.750. The lowest BCUT2D eigenvalue weighted by molar-refractivity contribution is -0.203. The van der Waals surface area contributed by atoms with E-state index in [4.69, 9.17) is 14.2 Å². The minimum Gasteiger partial charge on any atom is -0.469 e. The number of fused-ring (bicyclic) bond motifs is 5. The van der Waals surface area contributed by atoms with Gasteiger partial charge in [-0.15, -0.1) is 0 Å². The quantitative estimate of drug-likeness (QED) is 0.373. The van der Waals surface area contributed by atoms with Crippen molar-refractivity contribution in [3.8, 4) is 0 Å². The summed E-state index contributed by atoms with van der Waals surface area (Å²) in [6, 6.07) is 0. The molecule has 8 heteroatoms. The van der Waals surface area contributed by atoms with Gasteiger partial charge >= 0.3 is 11.9 Å². The highest BCUT2D eigenvalue weighted by atomic mass is 16.6. The smallest absolute Gasteiger partial charge is 0.314 e. The third kappa shape index (κ3) is 4.37. The van der Waals surface area contributed by atoms with Crippen molar-refractivity contribution in [2.24, 2.45) is 45.3 Å². The van der Waals surface area contributed by atoms with Crippen LogP contribution in [-0.4, -0.2) is 59.6 Å². The lowest BCUT2D eigenvalue weighted by Gasteiger charge is -2.66. The first kappa shape index (κ1) is 30.4. The zero-order valence-corrected chi connectivity index (χ0v) is 25.9. The normalized spacial score (nSPS) is 46.0. The highest BCUT2D eigenvalue weighted by Crippen LogP contribution is 2.73. The van der Waals surface area contributed by atoms with E-state index in [1.54, 1.807) is 13.8 Å². The van der Waals surface area contributed by atoms with Crippen LogP contribution in [0, 0.1) is 45.3 Å². The second-order valence-electron chi connectivity index (χ2n) is 15.0. The van der Waals surface area contributed by atoms with Crippen molar-refractivity contribution >= 4 is 17.7 Å². The molecule has 0 amide bonds. The molecule has 0 spiro atoms. The third-order valence-electron chi connectivity index (χ3n) is 12.2. The molecule has 10 atom stereocenters. The molecule has 0 unspecified atom stereocenters. The second kappa shape index (κ2) is 9.75. The molecule has 0 bridgehead atoms. The number of Topliss-reactive ketones (excluding diaryl/α,β-unsaturated/α-hetero) is 1. The summed E-state index contributed by atoms with van der Waals surface area (Å²) in [6.45, 7) is 13.3. The molecule has 2 saturated carbocycles. The SMILES string of the molecule is COC(=O)[C@]1(C)CO[C@@H](O)C[C@@]2(C)[C@@H]3CC[C@@]4(C)C(=CC[C@@H]4[C@@H]4C=C(C(C)(C)O)C(=O)C4)[C@@]3(C)[C@@H](OC(C)=O)C[C@@H]21. The molecule has 5 aliphatic rings. The Kier molecular flexibility index (Phi) is 7.23. The van der Waals surface area contributed by atoms with Gasteiger partial charge in [0.1, 0.15) is 6.10 Å². The average Bonchev–Trinajstić information content (AvgIpc) is 3.40. The molecule has 1 aliphatic heterocycles. The van der Waals surface area contributed by atoms with E-state index in [9.17, 15) is 24.6 Å². The maximum atomic E-state index is 13.3. The van der Waals surface area contributed by atoms with Gasteiger partial charge in [0.25, 0.3) is 0 Å². The van der Waals surface area contributed by atoms with Gasteiger partial charge in [-0.25, -0.2) is 0 Å². The molecule has 2 N–H and O–H groups in total. The van der Waals surface area contributed by atoms with Crippen LogP contribution in [0.2, 0.25) is 0 Å². The predicted molar refractivity (Wildman–Crippen MR) is 151 cm³/mol. The van der Waals surface area contributed by atoms with Crippen molar-refractivity contribution in [1.82, 2.24) is 0 Å². The van der Waals surface area contributed by atoms with Crippen LogP contribution >= 0.6 is 0 Å². The van der Waals surface area contributed by atoms with Crippen LogP contribution in [0.4, 0.5) is 0 Å². The Bertz CT molecular complexity index is 1200. The highest BCUT2D eigenvalue weighted by molar-refractivity contribution is 5.99. The minimum atomic E-state index is -1.17. The number of hydrogen-bond acceptors (Lipinski definition) is 8. The van der Waals surface area contributed by atoms with Crippen LogP contribution in [0.25, 0.3) is 0 Å². The number of aliphatic hydroxyl groups excluding tert-OH is 1. The van der Waals surface area contributed by atoms with E-state index in [0.29, 0.717) is 24.8 Å². The van der Waals surface area contributed by atoms with E-state index in [1.807, 2.05) is 13.0 Å². The molecule has 0 radical (unpaired) electrons. The molecular weight excluding hydrogens is 524 g/mol. The predicted octanol–water partition coefficient (Wildman–Crippen LogP) is 4.52. The number of methoxy groups -OCH3 is 1. The van der Waals surface area contributed by atoms with Crippen LogP contribution in [0.5, 0.6) is 0 Å². The Balaban J connectivity index is 1.59. The molecule has 228 valence electrons. The molecule has 1 saturated heterocycles. The van der Waals surface area contributed by atoms with E-state index >= 15 is 0 Å². The number of hydrogen-bond donors (Lipinski definition) is 2. The van der Waals surface area contributed by atoms with Gasteiger partial charge in [0.2, 0.25) is 0 Å². The number of allylic oxidation sites excluding steroid dienone is 2. The molecule has 1 heterocycles. The van der Waals surface area contributed by atoms with Crippen LogP contribution in [0.3, 0.4) is 0 Å². The number of carbonyl (C=O) groups excluding carboxylic acids is 3. The molecule has 4 aliphatic carbocycles. The van der Waals surface area contributed by atoms with Crippen molar-refractivity contribution in [1.29, 1.82) is 0 Å². The topological polar surface area (TPSA) is 119 Å². The fourth-order valence-corrected chi connectivity index (χ4v) is 10.4. The number of aliphatic hydroxyl groups is 2. The number of carbonyl (C=O) groups is 3. The van der Waals surface area contributed by atoms with Crippen LogP contribution in [-0.2, 0) is 28.6 Å². The Hall–Kier alpha value is -2.03. The fourth-order valence-electron chi connectivity index (χ4n) is 10.4. The van der Waals surface area contributed by atoms with Crippen molar-refractivity contribution in [3.05, 3.63) is 23.3 Å². The zero-order chi connectivity index (χ0) is 30.3. The summed E-state index contributed by atoms with van der Waals surface area (Å²) >= 11 is 0. The van der Waals surface area contributed by atoms with E-state index < -0.39 is 34.2 Å². The Labute approximate surface area is 243 Å². The number of esters is 2. The summed E-state index contributed by atoms with van der Waals surface area (Å²) in [7, 11) is 1.38. The van der Waals surface area contributed by atoms with Gasteiger partial charge in [-0.2, -0.15) is 0 Å². The van der Waals surface area contributed by atoms with Crippen molar-refractivity contribution < 1.29 is 38.8 Å². The molecule has 0 aromatic rings. The maximum absolute atomic E-state index is 13.3. The summed E-state index contributed by atoms with van der Waals surface area (Å²) in [6.07, 6.45) is 6.56. The van der Waals surface area contributed by atoms with Crippen molar-refractivity contribution in [3.63, 3.8) is 0 Å². The number of ketones is 1. The van der Waals surface area contributed by atoms with E-state index in [2.05, 4.69) is 26.8 Å². The maximum Gasteiger partial charge on any atom is 0.314 e. The largest absolute Gasteiger partial charge is 0.469 e. The zero-order valence-electron chi connectivity index (χ0n) is 25.9. The van der Waals surface area contributed by atoms with E-state index in [1.165, 1.54) is 19.6 Å². The van der Waals surface area contributed by atoms with E-state index in [0.717, 1.165) is 19.3 Å². The standard InChI is InChI=1S/C33H48O8/c1-18(34)41-26-15-25-31(5,16-27(36)40-17-32(25,6)28(37)39-8)24-11-12-30(4)20(9-10-23(30)33(24,26)7)19-13-21(22(35)14-19)29(2,3)38/h10,13,19-20,24-27,36,38H,9,11-12,14-17H2,1-8H3/t19-,20-,24+,25+,26+,27-,30-,31+,32-,33-/m1/s1. The molecule has 3 fully saturated rings. The van der Waals surface area contributed by atoms with Gasteiger partial charge in [0.15, 0.2) is 12.1 Å². The average molecular weight is 573 g/mol.